The second kappa shape index (κ2) is 7.63. The van der Waals surface area contributed by atoms with E-state index in [0.717, 1.165) is 23.3 Å². The van der Waals surface area contributed by atoms with Gasteiger partial charge in [0.1, 0.15) is 0 Å². The number of hydrogen-bond acceptors (Lipinski definition) is 3. The van der Waals surface area contributed by atoms with Crippen LogP contribution in [-0.2, 0) is 0 Å². The van der Waals surface area contributed by atoms with E-state index in [9.17, 15) is 0 Å². The molecule has 138 valence electrons. The van der Waals surface area contributed by atoms with Crippen molar-refractivity contribution < 1.29 is 0 Å². The highest BCUT2D eigenvalue weighted by molar-refractivity contribution is 5.01. The molecule has 3 heteroatoms. The molecular weight excluding hydrogens is 294 g/mol. The van der Waals surface area contributed by atoms with E-state index in [1.165, 1.54) is 104 Å². The second-order valence-corrected chi connectivity index (χ2v) is 9.44. The summed E-state index contributed by atoms with van der Waals surface area (Å²) < 4.78 is 0. The smallest absolute Gasteiger partial charge is 0.0106 e. The van der Waals surface area contributed by atoms with Crippen molar-refractivity contribution in [3.63, 3.8) is 0 Å². The topological polar surface area (TPSA) is 18.5 Å². The third-order valence-corrected chi connectivity index (χ3v) is 7.97. The van der Waals surface area contributed by atoms with Gasteiger partial charge in [-0.3, -0.25) is 0 Å². The Balaban J connectivity index is 1.17. The van der Waals surface area contributed by atoms with Gasteiger partial charge in [-0.1, -0.05) is 13.3 Å². The van der Waals surface area contributed by atoms with Gasteiger partial charge in [-0.25, -0.2) is 0 Å². The van der Waals surface area contributed by atoms with Crippen molar-refractivity contribution in [2.75, 3.05) is 45.8 Å². The third-order valence-electron chi connectivity index (χ3n) is 7.97. The Kier molecular flexibility index (Phi) is 5.50. The van der Waals surface area contributed by atoms with Crippen molar-refractivity contribution in [1.82, 2.24) is 15.1 Å². The van der Waals surface area contributed by atoms with Crippen LogP contribution in [0.3, 0.4) is 0 Å². The maximum Gasteiger partial charge on any atom is 0.0106 e. The summed E-state index contributed by atoms with van der Waals surface area (Å²) in [6, 6.07) is 0.943. The van der Waals surface area contributed by atoms with Crippen LogP contribution < -0.4 is 5.32 Å². The highest BCUT2D eigenvalue weighted by Gasteiger charge is 2.48. The van der Waals surface area contributed by atoms with Gasteiger partial charge in [0, 0.05) is 12.6 Å². The summed E-state index contributed by atoms with van der Waals surface area (Å²) in [4.78, 5) is 5.64. The van der Waals surface area contributed by atoms with Crippen LogP contribution in [0.2, 0.25) is 0 Å². The van der Waals surface area contributed by atoms with E-state index in [4.69, 9.17) is 0 Å². The van der Waals surface area contributed by atoms with Crippen LogP contribution in [0.1, 0.15) is 64.7 Å². The van der Waals surface area contributed by atoms with Gasteiger partial charge < -0.3 is 15.1 Å². The first kappa shape index (κ1) is 17.3. The second-order valence-electron chi connectivity index (χ2n) is 9.44. The number of likely N-dealkylation sites (tertiary alicyclic amines) is 2. The van der Waals surface area contributed by atoms with Crippen molar-refractivity contribution in [3.05, 3.63) is 0 Å². The first-order valence-corrected chi connectivity index (χ1v) is 10.9. The number of nitrogens with one attached hydrogen (secondary N) is 1. The lowest BCUT2D eigenvalue weighted by Gasteiger charge is -2.56. The van der Waals surface area contributed by atoms with Gasteiger partial charge >= 0.3 is 0 Å². The summed E-state index contributed by atoms with van der Waals surface area (Å²) in [5, 5.41) is 3.50. The third kappa shape index (κ3) is 3.83. The van der Waals surface area contributed by atoms with Crippen LogP contribution in [0, 0.1) is 17.3 Å². The number of piperidine rings is 3. The van der Waals surface area contributed by atoms with Crippen molar-refractivity contribution in [3.8, 4) is 0 Å². The van der Waals surface area contributed by atoms with E-state index in [0.29, 0.717) is 0 Å². The summed E-state index contributed by atoms with van der Waals surface area (Å²) in [6.45, 7) is 11.8. The average molecular weight is 334 g/mol. The van der Waals surface area contributed by atoms with Gasteiger partial charge in [0.15, 0.2) is 0 Å². The predicted octanol–water partition coefficient (Wildman–Crippen LogP) is 3.35. The molecule has 4 fully saturated rings. The average Bonchev–Trinajstić information content (AvgIpc) is 2.62. The zero-order valence-electron chi connectivity index (χ0n) is 15.9. The van der Waals surface area contributed by atoms with Crippen molar-refractivity contribution in [2.45, 2.75) is 70.8 Å². The normalized spacial score (nSPS) is 31.4. The summed E-state index contributed by atoms with van der Waals surface area (Å²) in [6.07, 6.45) is 13.1. The molecule has 0 aromatic rings. The Hall–Kier alpha value is -0.120. The standard InChI is InChI=1S/C21H39N3/c1-2-18-5-11-24(12-6-18)20-15-21(16-20)7-13-23(14-8-21)17-19-3-9-22-10-4-19/h18-20,22H,2-17H2,1H3. The predicted molar refractivity (Wildman–Crippen MR) is 101 cm³/mol. The Morgan fingerprint density at radius 1 is 0.875 bits per heavy atom. The van der Waals surface area contributed by atoms with E-state index in [1.54, 1.807) is 0 Å². The fourth-order valence-corrected chi connectivity index (χ4v) is 5.97. The molecule has 0 bridgehead atoms. The minimum Gasteiger partial charge on any atom is -0.317 e. The van der Waals surface area contributed by atoms with Gasteiger partial charge in [0.25, 0.3) is 0 Å². The summed E-state index contributed by atoms with van der Waals surface area (Å²) >= 11 is 0. The fourth-order valence-electron chi connectivity index (χ4n) is 5.97. The molecule has 0 amide bonds. The van der Waals surface area contributed by atoms with E-state index < -0.39 is 0 Å². The van der Waals surface area contributed by atoms with Crippen LogP contribution in [-0.4, -0.2) is 61.7 Å². The van der Waals surface area contributed by atoms with Gasteiger partial charge in [-0.05, 0) is 108 Å². The summed E-state index contributed by atoms with van der Waals surface area (Å²) in [7, 11) is 0. The zero-order valence-corrected chi connectivity index (χ0v) is 15.9. The Labute approximate surface area is 149 Å². The van der Waals surface area contributed by atoms with Crippen LogP contribution >= 0.6 is 0 Å². The molecule has 3 heterocycles. The molecule has 0 atom stereocenters. The van der Waals surface area contributed by atoms with Gasteiger partial charge in [-0.2, -0.15) is 0 Å². The highest BCUT2D eigenvalue weighted by Crippen LogP contribution is 2.51. The molecule has 3 nitrogen and oxygen atoms in total. The quantitative estimate of drug-likeness (QED) is 0.851. The van der Waals surface area contributed by atoms with E-state index in [2.05, 4.69) is 22.0 Å². The van der Waals surface area contributed by atoms with E-state index in [-0.39, 0.29) is 0 Å². The maximum atomic E-state index is 3.50. The zero-order chi connectivity index (χ0) is 16.4. The molecular formula is C21H39N3. The molecule has 1 N–H and O–H groups in total. The van der Waals surface area contributed by atoms with Crippen molar-refractivity contribution in [2.24, 2.45) is 17.3 Å². The maximum absolute atomic E-state index is 3.50. The molecule has 0 radical (unpaired) electrons. The molecule has 1 spiro atoms. The van der Waals surface area contributed by atoms with Crippen molar-refractivity contribution >= 4 is 0 Å². The van der Waals surface area contributed by atoms with E-state index in [1.807, 2.05) is 0 Å². The molecule has 3 saturated heterocycles. The molecule has 0 aromatic heterocycles. The van der Waals surface area contributed by atoms with Crippen LogP contribution in [0.15, 0.2) is 0 Å². The minimum absolute atomic E-state index is 0.747. The van der Waals surface area contributed by atoms with Crippen LogP contribution in [0.5, 0.6) is 0 Å². The van der Waals surface area contributed by atoms with E-state index >= 15 is 0 Å². The molecule has 1 saturated carbocycles. The highest BCUT2D eigenvalue weighted by atomic mass is 15.2. The first-order valence-electron chi connectivity index (χ1n) is 10.9. The molecule has 0 aromatic carbocycles. The largest absolute Gasteiger partial charge is 0.317 e. The lowest BCUT2D eigenvalue weighted by Crippen LogP contribution is -2.56. The summed E-state index contributed by atoms with van der Waals surface area (Å²) in [5.74, 6) is 1.99. The molecule has 0 unspecified atom stereocenters. The molecule has 24 heavy (non-hydrogen) atoms. The minimum atomic E-state index is 0.747. The van der Waals surface area contributed by atoms with Gasteiger partial charge in [-0.15, -0.1) is 0 Å². The number of hydrogen-bond donors (Lipinski definition) is 1. The monoisotopic (exact) mass is 333 g/mol. The Morgan fingerprint density at radius 2 is 1.54 bits per heavy atom. The molecule has 4 rings (SSSR count). The number of nitrogens with zero attached hydrogens (tertiary/aromatic N) is 2. The lowest BCUT2D eigenvalue weighted by atomic mass is 9.59. The number of rotatable bonds is 4. The van der Waals surface area contributed by atoms with Crippen LogP contribution in [0.25, 0.3) is 0 Å². The SMILES string of the molecule is CCC1CCN(C2CC3(CCN(CC4CCNCC4)CC3)C2)CC1. The van der Waals surface area contributed by atoms with Gasteiger partial charge in [0.2, 0.25) is 0 Å². The van der Waals surface area contributed by atoms with Crippen LogP contribution in [0.4, 0.5) is 0 Å². The molecule has 3 aliphatic heterocycles. The molecule has 1 aliphatic carbocycles. The fraction of sp³-hybridized carbons (Fsp3) is 1.00. The first-order chi connectivity index (χ1) is 11.8. The molecule has 4 aliphatic rings. The van der Waals surface area contributed by atoms with Crippen molar-refractivity contribution in [1.29, 1.82) is 0 Å². The summed E-state index contributed by atoms with van der Waals surface area (Å²) in [5.41, 5.74) is 0.747. The van der Waals surface area contributed by atoms with Gasteiger partial charge in [0.05, 0.1) is 0 Å². The Morgan fingerprint density at radius 3 is 2.17 bits per heavy atom. The Bertz CT molecular complexity index is 380. The lowest BCUT2D eigenvalue weighted by molar-refractivity contribution is -0.0540.